The number of hydrogen-bond acceptors (Lipinski definition) is 3. The minimum absolute atomic E-state index is 0.00660. The summed E-state index contributed by atoms with van der Waals surface area (Å²) in [5, 5.41) is 2.93. The van der Waals surface area contributed by atoms with E-state index in [4.69, 9.17) is 10.5 Å². The fraction of sp³-hybridized carbons (Fsp3) is 0.533. The van der Waals surface area contributed by atoms with Gasteiger partial charge in [-0.15, -0.1) is 0 Å². The second-order valence-corrected chi connectivity index (χ2v) is 5.87. The van der Waals surface area contributed by atoms with Crippen LogP contribution in [0.4, 0.5) is 5.69 Å². The van der Waals surface area contributed by atoms with Crippen molar-refractivity contribution in [2.24, 2.45) is 11.1 Å². The monoisotopic (exact) mass is 262 g/mol. The standard InChI is InChI=1S/C15H22N2O2/c1-15(2,10-16)9-14(18)17-12-5-6-13-11(8-12)4-3-7-19-13/h5-6,8H,3-4,7,9-10,16H2,1-2H3,(H,17,18). The Morgan fingerprint density at radius 2 is 2.26 bits per heavy atom. The number of hydrogen-bond donors (Lipinski definition) is 2. The maximum absolute atomic E-state index is 12.0. The summed E-state index contributed by atoms with van der Waals surface area (Å²) >= 11 is 0. The number of rotatable bonds is 4. The first-order chi connectivity index (χ1) is 9.00. The van der Waals surface area contributed by atoms with E-state index in [-0.39, 0.29) is 11.3 Å². The lowest BCUT2D eigenvalue weighted by Crippen LogP contribution is -2.29. The van der Waals surface area contributed by atoms with Crippen LogP contribution >= 0.6 is 0 Å². The van der Waals surface area contributed by atoms with Gasteiger partial charge in [-0.05, 0) is 48.6 Å². The van der Waals surface area contributed by atoms with Crippen molar-refractivity contribution in [3.8, 4) is 5.75 Å². The molecule has 1 aliphatic rings. The van der Waals surface area contributed by atoms with E-state index >= 15 is 0 Å². The van der Waals surface area contributed by atoms with Gasteiger partial charge in [0.05, 0.1) is 6.61 Å². The number of carbonyl (C=O) groups is 1. The number of amides is 1. The van der Waals surface area contributed by atoms with Crippen molar-refractivity contribution in [2.75, 3.05) is 18.5 Å². The summed E-state index contributed by atoms with van der Waals surface area (Å²) in [7, 11) is 0. The van der Waals surface area contributed by atoms with Crippen LogP contribution in [0.5, 0.6) is 5.75 Å². The quantitative estimate of drug-likeness (QED) is 0.875. The topological polar surface area (TPSA) is 64.4 Å². The fourth-order valence-corrected chi connectivity index (χ4v) is 2.15. The zero-order valence-corrected chi connectivity index (χ0v) is 11.7. The molecule has 1 aromatic rings. The van der Waals surface area contributed by atoms with Crippen molar-refractivity contribution in [3.63, 3.8) is 0 Å². The van der Waals surface area contributed by atoms with Crippen LogP contribution in [0.2, 0.25) is 0 Å². The number of aryl methyl sites for hydroxylation is 1. The SMILES string of the molecule is CC(C)(CN)CC(=O)Nc1ccc2c(c1)CCCO2. The summed E-state index contributed by atoms with van der Waals surface area (Å²) in [4.78, 5) is 12.0. The first-order valence-corrected chi connectivity index (χ1v) is 6.76. The van der Waals surface area contributed by atoms with E-state index in [0.717, 1.165) is 30.9 Å². The second kappa shape index (κ2) is 5.61. The Morgan fingerprint density at radius 3 is 3.00 bits per heavy atom. The van der Waals surface area contributed by atoms with Crippen molar-refractivity contribution in [1.29, 1.82) is 0 Å². The summed E-state index contributed by atoms with van der Waals surface area (Å²) in [5.74, 6) is 0.943. The Labute approximate surface area is 114 Å². The Hall–Kier alpha value is -1.55. The lowest BCUT2D eigenvalue weighted by molar-refractivity contribution is -0.117. The Bertz CT molecular complexity index is 469. The van der Waals surface area contributed by atoms with Gasteiger partial charge in [-0.25, -0.2) is 0 Å². The van der Waals surface area contributed by atoms with Crippen molar-refractivity contribution in [2.45, 2.75) is 33.1 Å². The first-order valence-electron chi connectivity index (χ1n) is 6.76. The summed E-state index contributed by atoms with van der Waals surface area (Å²) in [6.07, 6.45) is 2.47. The normalized spacial score (nSPS) is 14.5. The van der Waals surface area contributed by atoms with Crippen LogP contribution in [0.1, 0.15) is 32.3 Å². The van der Waals surface area contributed by atoms with Crippen LogP contribution in [0.25, 0.3) is 0 Å². The minimum atomic E-state index is -0.165. The van der Waals surface area contributed by atoms with Crippen LogP contribution in [-0.2, 0) is 11.2 Å². The highest BCUT2D eigenvalue weighted by molar-refractivity contribution is 5.91. The van der Waals surface area contributed by atoms with Gasteiger partial charge in [-0.1, -0.05) is 13.8 Å². The van der Waals surface area contributed by atoms with Gasteiger partial charge in [0.1, 0.15) is 5.75 Å². The molecule has 1 aliphatic heterocycles. The Morgan fingerprint density at radius 1 is 1.47 bits per heavy atom. The van der Waals surface area contributed by atoms with E-state index in [0.29, 0.717) is 13.0 Å². The van der Waals surface area contributed by atoms with Gasteiger partial charge in [-0.2, -0.15) is 0 Å². The van der Waals surface area contributed by atoms with E-state index in [1.165, 1.54) is 5.56 Å². The third kappa shape index (κ3) is 3.70. The summed E-state index contributed by atoms with van der Waals surface area (Å²) < 4.78 is 5.55. The highest BCUT2D eigenvalue weighted by Gasteiger charge is 2.20. The average molecular weight is 262 g/mol. The first kappa shape index (κ1) is 13.9. The van der Waals surface area contributed by atoms with Crippen molar-refractivity contribution < 1.29 is 9.53 Å². The highest BCUT2D eigenvalue weighted by Crippen LogP contribution is 2.28. The van der Waals surface area contributed by atoms with Crippen molar-refractivity contribution in [3.05, 3.63) is 23.8 Å². The number of nitrogens with one attached hydrogen (secondary N) is 1. The molecule has 0 unspecified atom stereocenters. The van der Waals surface area contributed by atoms with E-state index in [1.807, 2.05) is 32.0 Å². The molecule has 104 valence electrons. The summed E-state index contributed by atoms with van der Waals surface area (Å²) in [6.45, 7) is 5.27. The molecule has 3 N–H and O–H groups in total. The van der Waals surface area contributed by atoms with Gasteiger partial charge < -0.3 is 15.8 Å². The largest absolute Gasteiger partial charge is 0.493 e. The number of benzene rings is 1. The minimum Gasteiger partial charge on any atom is -0.493 e. The molecule has 19 heavy (non-hydrogen) atoms. The molecule has 2 rings (SSSR count). The Balaban J connectivity index is 2.01. The molecule has 0 radical (unpaired) electrons. The van der Waals surface area contributed by atoms with Gasteiger partial charge in [0.15, 0.2) is 0 Å². The number of fused-ring (bicyclic) bond motifs is 1. The van der Waals surface area contributed by atoms with Crippen LogP contribution < -0.4 is 15.8 Å². The maximum atomic E-state index is 12.0. The number of anilines is 1. The molecule has 0 bridgehead atoms. The molecular weight excluding hydrogens is 240 g/mol. The van der Waals surface area contributed by atoms with E-state index in [9.17, 15) is 4.79 Å². The van der Waals surface area contributed by atoms with Gasteiger partial charge in [0.2, 0.25) is 5.91 Å². The zero-order valence-electron chi connectivity index (χ0n) is 11.7. The van der Waals surface area contributed by atoms with Crippen LogP contribution in [0.15, 0.2) is 18.2 Å². The average Bonchev–Trinajstić information content (AvgIpc) is 2.38. The predicted octanol–water partition coefficient (Wildman–Crippen LogP) is 2.33. The molecule has 0 aromatic heterocycles. The summed E-state index contributed by atoms with van der Waals surface area (Å²) in [6, 6.07) is 5.82. The fourth-order valence-electron chi connectivity index (χ4n) is 2.15. The van der Waals surface area contributed by atoms with Gasteiger partial charge in [-0.3, -0.25) is 4.79 Å². The maximum Gasteiger partial charge on any atom is 0.224 e. The molecule has 1 aromatic carbocycles. The lowest BCUT2D eigenvalue weighted by Gasteiger charge is -2.22. The molecule has 0 spiro atoms. The third-order valence-corrected chi connectivity index (χ3v) is 3.38. The van der Waals surface area contributed by atoms with Crippen LogP contribution in [0.3, 0.4) is 0 Å². The number of nitrogens with two attached hydrogens (primary N) is 1. The molecule has 0 fully saturated rings. The van der Waals surface area contributed by atoms with Gasteiger partial charge in [0, 0.05) is 12.1 Å². The smallest absolute Gasteiger partial charge is 0.224 e. The van der Waals surface area contributed by atoms with E-state index < -0.39 is 0 Å². The molecular formula is C15H22N2O2. The third-order valence-electron chi connectivity index (χ3n) is 3.38. The lowest BCUT2D eigenvalue weighted by atomic mass is 9.89. The van der Waals surface area contributed by atoms with Crippen molar-refractivity contribution >= 4 is 11.6 Å². The number of carbonyl (C=O) groups excluding carboxylic acids is 1. The van der Waals surface area contributed by atoms with Crippen LogP contribution in [0, 0.1) is 5.41 Å². The number of ether oxygens (including phenoxy) is 1. The molecule has 0 aliphatic carbocycles. The Kier molecular flexibility index (Phi) is 4.10. The van der Waals surface area contributed by atoms with Gasteiger partial charge in [0.25, 0.3) is 0 Å². The van der Waals surface area contributed by atoms with E-state index in [1.54, 1.807) is 0 Å². The predicted molar refractivity (Wildman–Crippen MR) is 76.3 cm³/mol. The molecule has 1 amide bonds. The molecule has 0 saturated heterocycles. The molecule has 4 nitrogen and oxygen atoms in total. The van der Waals surface area contributed by atoms with E-state index in [2.05, 4.69) is 5.32 Å². The van der Waals surface area contributed by atoms with Crippen LogP contribution in [-0.4, -0.2) is 19.1 Å². The van der Waals surface area contributed by atoms with Crippen molar-refractivity contribution in [1.82, 2.24) is 0 Å². The second-order valence-electron chi connectivity index (χ2n) is 5.87. The molecule has 1 heterocycles. The molecule has 0 atom stereocenters. The highest BCUT2D eigenvalue weighted by atomic mass is 16.5. The molecule has 4 heteroatoms. The van der Waals surface area contributed by atoms with Gasteiger partial charge >= 0.3 is 0 Å². The summed E-state index contributed by atoms with van der Waals surface area (Å²) in [5.41, 5.74) is 7.48. The zero-order chi connectivity index (χ0) is 13.9. The molecule has 0 saturated carbocycles.